The standard InChI is InChI=1S/C27H20ClFN4O/c1-16-7-10-19(13-24(16)28)31-27(34)22-14-26(32-25-6-4-3-5-21(22)25)23-15-30-33(17(23)2)20-11-8-18(29)9-12-20/h3-15H,1-2H3,(H,31,34). The van der Waals surface area contributed by atoms with Gasteiger partial charge in [-0.3, -0.25) is 4.79 Å². The number of benzene rings is 3. The van der Waals surface area contributed by atoms with Crippen LogP contribution in [0.3, 0.4) is 0 Å². The Morgan fingerprint density at radius 3 is 2.53 bits per heavy atom. The van der Waals surface area contributed by atoms with Gasteiger partial charge in [-0.25, -0.2) is 14.1 Å². The van der Waals surface area contributed by atoms with E-state index in [1.165, 1.54) is 12.1 Å². The Morgan fingerprint density at radius 1 is 1.00 bits per heavy atom. The van der Waals surface area contributed by atoms with E-state index in [2.05, 4.69) is 10.4 Å². The average molecular weight is 471 g/mol. The molecule has 0 atom stereocenters. The number of hydrogen-bond acceptors (Lipinski definition) is 3. The number of fused-ring (bicyclic) bond motifs is 1. The first-order chi connectivity index (χ1) is 16.4. The molecule has 5 aromatic rings. The molecule has 1 N–H and O–H groups in total. The highest BCUT2D eigenvalue weighted by Gasteiger charge is 2.18. The van der Waals surface area contributed by atoms with Gasteiger partial charge in [-0.15, -0.1) is 0 Å². The van der Waals surface area contributed by atoms with Crippen molar-refractivity contribution in [3.63, 3.8) is 0 Å². The predicted molar refractivity (Wildman–Crippen MR) is 133 cm³/mol. The number of carbonyl (C=O) groups excluding carboxylic acids is 1. The van der Waals surface area contributed by atoms with Crippen LogP contribution in [0.5, 0.6) is 0 Å². The summed E-state index contributed by atoms with van der Waals surface area (Å²) in [5.41, 5.74) is 5.70. The molecule has 0 aliphatic rings. The second-order valence-electron chi connectivity index (χ2n) is 8.02. The second kappa shape index (κ2) is 8.72. The van der Waals surface area contributed by atoms with Crippen LogP contribution in [0.4, 0.5) is 10.1 Å². The first kappa shape index (κ1) is 21.8. The number of halogens is 2. The molecular weight excluding hydrogens is 451 g/mol. The Morgan fingerprint density at radius 2 is 1.76 bits per heavy atom. The van der Waals surface area contributed by atoms with Crippen molar-refractivity contribution >= 4 is 34.1 Å². The van der Waals surface area contributed by atoms with Gasteiger partial charge in [-0.2, -0.15) is 5.10 Å². The van der Waals surface area contributed by atoms with Gasteiger partial charge in [0.15, 0.2) is 0 Å². The maximum absolute atomic E-state index is 13.4. The number of aromatic nitrogens is 3. The minimum absolute atomic E-state index is 0.261. The zero-order chi connectivity index (χ0) is 23.8. The highest BCUT2D eigenvalue weighted by molar-refractivity contribution is 6.31. The predicted octanol–water partition coefficient (Wildman–Crippen LogP) is 6.75. The van der Waals surface area contributed by atoms with Gasteiger partial charge in [0.25, 0.3) is 5.91 Å². The third kappa shape index (κ3) is 4.04. The van der Waals surface area contributed by atoms with Crippen LogP contribution in [0.25, 0.3) is 27.8 Å². The van der Waals surface area contributed by atoms with Gasteiger partial charge in [0.05, 0.1) is 34.4 Å². The van der Waals surface area contributed by atoms with E-state index in [0.717, 1.165) is 27.9 Å². The van der Waals surface area contributed by atoms with Crippen molar-refractivity contribution in [1.29, 1.82) is 0 Å². The van der Waals surface area contributed by atoms with E-state index >= 15 is 0 Å². The summed E-state index contributed by atoms with van der Waals surface area (Å²) in [4.78, 5) is 18.1. The van der Waals surface area contributed by atoms with Crippen molar-refractivity contribution < 1.29 is 9.18 Å². The van der Waals surface area contributed by atoms with Gasteiger partial charge in [0.2, 0.25) is 0 Å². The monoisotopic (exact) mass is 470 g/mol. The molecule has 0 unspecified atom stereocenters. The zero-order valence-electron chi connectivity index (χ0n) is 18.5. The maximum Gasteiger partial charge on any atom is 0.256 e. The number of anilines is 1. The molecule has 5 rings (SSSR count). The van der Waals surface area contributed by atoms with Crippen LogP contribution < -0.4 is 5.32 Å². The molecule has 7 heteroatoms. The lowest BCUT2D eigenvalue weighted by atomic mass is 10.0. The van der Waals surface area contributed by atoms with Crippen LogP contribution in [0.1, 0.15) is 21.6 Å². The number of para-hydroxylation sites is 1. The van der Waals surface area contributed by atoms with Crippen molar-refractivity contribution in [2.24, 2.45) is 0 Å². The summed E-state index contributed by atoms with van der Waals surface area (Å²) in [5, 5.41) is 8.74. The molecular formula is C27H20ClFN4O. The number of aryl methyl sites for hydroxylation is 1. The molecule has 168 valence electrons. The molecule has 5 nitrogen and oxygen atoms in total. The van der Waals surface area contributed by atoms with E-state index in [9.17, 15) is 9.18 Å². The van der Waals surface area contributed by atoms with E-state index in [0.29, 0.717) is 27.5 Å². The van der Waals surface area contributed by atoms with Gasteiger partial charge in [-0.05, 0) is 67.9 Å². The van der Waals surface area contributed by atoms with Crippen LogP contribution in [-0.4, -0.2) is 20.7 Å². The number of nitrogens with zero attached hydrogens (tertiary/aromatic N) is 3. The minimum atomic E-state index is -0.310. The highest BCUT2D eigenvalue weighted by atomic mass is 35.5. The van der Waals surface area contributed by atoms with E-state index in [-0.39, 0.29) is 11.7 Å². The molecule has 0 aliphatic carbocycles. The van der Waals surface area contributed by atoms with Crippen LogP contribution >= 0.6 is 11.6 Å². The molecule has 0 bridgehead atoms. The van der Waals surface area contributed by atoms with Gasteiger partial charge >= 0.3 is 0 Å². The molecule has 0 spiro atoms. The van der Waals surface area contributed by atoms with Crippen LogP contribution in [-0.2, 0) is 0 Å². The first-order valence-electron chi connectivity index (χ1n) is 10.7. The molecule has 34 heavy (non-hydrogen) atoms. The Balaban J connectivity index is 1.58. The Bertz CT molecular complexity index is 1540. The van der Waals surface area contributed by atoms with E-state index in [1.807, 2.05) is 50.2 Å². The number of carbonyl (C=O) groups is 1. The van der Waals surface area contributed by atoms with Crippen LogP contribution in [0.15, 0.2) is 79.0 Å². The normalized spacial score (nSPS) is 11.1. The van der Waals surface area contributed by atoms with Gasteiger partial charge in [-0.1, -0.05) is 35.9 Å². The minimum Gasteiger partial charge on any atom is -0.322 e. The fraction of sp³-hybridized carbons (Fsp3) is 0.0741. The fourth-order valence-electron chi connectivity index (χ4n) is 3.87. The maximum atomic E-state index is 13.4. The Hall–Kier alpha value is -4.03. The summed E-state index contributed by atoms with van der Waals surface area (Å²) in [6.45, 7) is 3.82. The first-order valence-corrected chi connectivity index (χ1v) is 11.1. The smallest absolute Gasteiger partial charge is 0.256 e. The van der Waals surface area contributed by atoms with E-state index in [1.54, 1.807) is 35.1 Å². The molecule has 0 aliphatic heterocycles. The highest BCUT2D eigenvalue weighted by Crippen LogP contribution is 2.29. The molecule has 2 aromatic heterocycles. The summed E-state index contributed by atoms with van der Waals surface area (Å²) < 4.78 is 15.1. The summed E-state index contributed by atoms with van der Waals surface area (Å²) in [7, 11) is 0. The second-order valence-corrected chi connectivity index (χ2v) is 8.43. The number of hydrogen-bond donors (Lipinski definition) is 1. The summed E-state index contributed by atoms with van der Waals surface area (Å²) in [6, 6.07) is 20.8. The fourth-order valence-corrected chi connectivity index (χ4v) is 4.05. The van der Waals surface area contributed by atoms with Gasteiger partial charge in [0, 0.05) is 21.7 Å². The summed E-state index contributed by atoms with van der Waals surface area (Å²) in [5.74, 6) is -0.571. The largest absolute Gasteiger partial charge is 0.322 e. The Labute approximate surface area is 200 Å². The number of rotatable bonds is 4. The number of amides is 1. The zero-order valence-corrected chi connectivity index (χ0v) is 19.3. The van der Waals surface area contributed by atoms with Crippen molar-refractivity contribution in [3.8, 4) is 16.9 Å². The number of nitrogens with one attached hydrogen (secondary N) is 1. The third-order valence-corrected chi connectivity index (χ3v) is 6.15. The average Bonchev–Trinajstić information content (AvgIpc) is 3.22. The number of pyridine rings is 1. The van der Waals surface area contributed by atoms with Gasteiger partial charge < -0.3 is 5.32 Å². The lowest BCUT2D eigenvalue weighted by Gasteiger charge is -2.11. The van der Waals surface area contributed by atoms with Crippen molar-refractivity contribution in [2.45, 2.75) is 13.8 Å². The van der Waals surface area contributed by atoms with Crippen molar-refractivity contribution in [3.05, 3.63) is 107 Å². The molecule has 1 amide bonds. The summed E-state index contributed by atoms with van der Waals surface area (Å²) in [6.07, 6.45) is 1.71. The van der Waals surface area contributed by atoms with Crippen molar-refractivity contribution in [1.82, 2.24) is 14.8 Å². The summed E-state index contributed by atoms with van der Waals surface area (Å²) >= 11 is 6.23. The third-order valence-electron chi connectivity index (χ3n) is 5.75. The van der Waals surface area contributed by atoms with Crippen LogP contribution in [0, 0.1) is 19.7 Å². The van der Waals surface area contributed by atoms with Gasteiger partial charge in [0.1, 0.15) is 5.82 Å². The topological polar surface area (TPSA) is 59.8 Å². The molecule has 0 fully saturated rings. The molecule has 2 heterocycles. The SMILES string of the molecule is Cc1ccc(NC(=O)c2cc(-c3cnn(-c4ccc(F)cc4)c3C)nc3ccccc23)cc1Cl. The molecule has 0 saturated carbocycles. The van der Waals surface area contributed by atoms with E-state index < -0.39 is 0 Å². The Kier molecular flexibility index (Phi) is 5.59. The van der Waals surface area contributed by atoms with Crippen molar-refractivity contribution in [2.75, 3.05) is 5.32 Å². The van der Waals surface area contributed by atoms with E-state index in [4.69, 9.17) is 16.6 Å². The molecule has 3 aromatic carbocycles. The van der Waals surface area contributed by atoms with Crippen LogP contribution in [0.2, 0.25) is 5.02 Å². The quantitative estimate of drug-likeness (QED) is 0.316. The molecule has 0 saturated heterocycles. The lowest BCUT2D eigenvalue weighted by Crippen LogP contribution is -2.13. The molecule has 0 radical (unpaired) electrons. The lowest BCUT2D eigenvalue weighted by molar-refractivity contribution is 0.102.